The second-order valence-corrected chi connectivity index (χ2v) is 11.9. The SMILES string of the molecule is CC(C)C[C@H](NC(=O)[C@@H](NC(=O)OC(C)(C)C)C(C)C)C(=O)N[C@@H](Cc1ccccc1)C(=O)OCc1ccccc1. The van der Waals surface area contributed by atoms with Crippen LogP contribution in [0.15, 0.2) is 60.7 Å². The van der Waals surface area contributed by atoms with Crippen LogP contribution in [0.1, 0.15) is 66.0 Å². The number of ether oxygens (including phenoxy) is 2. The van der Waals surface area contributed by atoms with Crippen LogP contribution in [0.2, 0.25) is 0 Å². The van der Waals surface area contributed by atoms with Crippen molar-refractivity contribution in [1.82, 2.24) is 16.0 Å². The van der Waals surface area contributed by atoms with Crippen LogP contribution < -0.4 is 16.0 Å². The summed E-state index contributed by atoms with van der Waals surface area (Å²) in [6, 6.07) is 15.8. The van der Waals surface area contributed by atoms with E-state index in [-0.39, 0.29) is 24.9 Å². The second-order valence-electron chi connectivity index (χ2n) is 11.9. The number of hydrogen-bond donors (Lipinski definition) is 3. The van der Waals surface area contributed by atoms with Crippen LogP contribution in [0.25, 0.3) is 0 Å². The number of carbonyl (C=O) groups is 4. The van der Waals surface area contributed by atoms with Gasteiger partial charge in [-0.3, -0.25) is 9.59 Å². The first-order chi connectivity index (χ1) is 19.2. The molecule has 0 aliphatic heterocycles. The molecule has 3 N–H and O–H groups in total. The zero-order chi connectivity index (χ0) is 30.6. The number of carbonyl (C=O) groups excluding carboxylic acids is 4. The summed E-state index contributed by atoms with van der Waals surface area (Å²) in [6.07, 6.45) is -0.177. The topological polar surface area (TPSA) is 123 Å². The number of alkyl carbamates (subject to hydrolysis) is 1. The summed E-state index contributed by atoms with van der Waals surface area (Å²) in [7, 11) is 0. The molecule has 9 heteroatoms. The molecule has 0 radical (unpaired) electrons. The van der Waals surface area contributed by atoms with Crippen LogP contribution in [0.3, 0.4) is 0 Å². The average molecular weight is 568 g/mol. The molecule has 3 amide bonds. The van der Waals surface area contributed by atoms with Gasteiger partial charge >= 0.3 is 12.1 Å². The zero-order valence-corrected chi connectivity index (χ0v) is 25.2. The lowest BCUT2D eigenvalue weighted by Gasteiger charge is -2.28. The predicted octanol–water partition coefficient (Wildman–Crippen LogP) is 4.54. The van der Waals surface area contributed by atoms with Crippen molar-refractivity contribution in [3.05, 3.63) is 71.8 Å². The highest BCUT2D eigenvalue weighted by Crippen LogP contribution is 2.12. The molecule has 2 rings (SSSR count). The maximum Gasteiger partial charge on any atom is 0.408 e. The normalized spacial score (nSPS) is 13.6. The van der Waals surface area contributed by atoms with E-state index in [1.165, 1.54) is 0 Å². The molecule has 0 unspecified atom stereocenters. The van der Waals surface area contributed by atoms with Gasteiger partial charge in [0, 0.05) is 6.42 Å². The molecule has 0 bridgehead atoms. The number of nitrogens with one attached hydrogen (secondary N) is 3. The van der Waals surface area contributed by atoms with Crippen molar-refractivity contribution in [2.24, 2.45) is 11.8 Å². The van der Waals surface area contributed by atoms with Crippen LogP contribution in [0.4, 0.5) is 4.79 Å². The first-order valence-corrected chi connectivity index (χ1v) is 14.1. The van der Waals surface area contributed by atoms with Gasteiger partial charge in [0.1, 0.15) is 30.3 Å². The smallest absolute Gasteiger partial charge is 0.408 e. The average Bonchev–Trinajstić information content (AvgIpc) is 2.89. The van der Waals surface area contributed by atoms with E-state index in [1.54, 1.807) is 34.6 Å². The molecular formula is C32H45N3O6. The van der Waals surface area contributed by atoms with Crippen LogP contribution >= 0.6 is 0 Å². The third-order valence-corrected chi connectivity index (χ3v) is 6.07. The Kier molecular flexibility index (Phi) is 12.8. The Labute approximate surface area is 243 Å². The van der Waals surface area contributed by atoms with Gasteiger partial charge < -0.3 is 25.4 Å². The van der Waals surface area contributed by atoms with Crippen molar-refractivity contribution in [2.75, 3.05) is 0 Å². The molecule has 41 heavy (non-hydrogen) atoms. The summed E-state index contributed by atoms with van der Waals surface area (Å²) >= 11 is 0. The van der Waals surface area contributed by atoms with E-state index in [0.29, 0.717) is 6.42 Å². The van der Waals surface area contributed by atoms with Crippen LogP contribution in [-0.4, -0.2) is 47.6 Å². The molecule has 0 aliphatic carbocycles. The molecule has 0 aliphatic rings. The summed E-state index contributed by atoms with van der Waals surface area (Å²) in [5.41, 5.74) is 0.943. The molecular weight excluding hydrogens is 522 g/mol. The van der Waals surface area contributed by atoms with Crippen molar-refractivity contribution in [3.8, 4) is 0 Å². The standard InChI is InChI=1S/C32H45N3O6/c1-21(2)18-25(33-29(37)27(22(3)4)35-31(39)41-32(5,6)7)28(36)34-26(19-23-14-10-8-11-15-23)30(38)40-20-24-16-12-9-13-17-24/h8-17,21-22,25-27H,18-20H2,1-7H3,(H,33,37)(H,34,36)(H,35,39)/t25-,26-,27-/m0/s1. The monoisotopic (exact) mass is 567 g/mol. The van der Waals surface area contributed by atoms with Crippen molar-refractivity contribution in [2.45, 2.75) is 91.6 Å². The first-order valence-electron chi connectivity index (χ1n) is 14.1. The summed E-state index contributed by atoms with van der Waals surface area (Å²) in [6.45, 7) is 12.7. The fourth-order valence-corrected chi connectivity index (χ4v) is 4.08. The minimum absolute atomic E-state index is 0.0555. The van der Waals surface area contributed by atoms with Crippen LogP contribution in [-0.2, 0) is 36.9 Å². The minimum atomic E-state index is -0.971. The van der Waals surface area contributed by atoms with Crippen molar-refractivity contribution >= 4 is 23.9 Å². The minimum Gasteiger partial charge on any atom is -0.459 e. The summed E-state index contributed by atoms with van der Waals surface area (Å²) < 4.78 is 10.9. The molecule has 0 saturated carbocycles. The van der Waals surface area contributed by atoms with E-state index in [9.17, 15) is 19.2 Å². The molecule has 3 atom stereocenters. The predicted molar refractivity (Wildman–Crippen MR) is 158 cm³/mol. The molecule has 9 nitrogen and oxygen atoms in total. The van der Waals surface area contributed by atoms with E-state index in [2.05, 4.69) is 16.0 Å². The highest BCUT2D eigenvalue weighted by Gasteiger charge is 2.32. The maximum absolute atomic E-state index is 13.6. The number of esters is 1. The summed E-state index contributed by atoms with van der Waals surface area (Å²) in [4.78, 5) is 52.4. The van der Waals surface area contributed by atoms with Gasteiger partial charge in [0.05, 0.1) is 0 Å². The largest absolute Gasteiger partial charge is 0.459 e. The molecule has 0 aromatic heterocycles. The summed E-state index contributed by atoms with van der Waals surface area (Å²) in [5, 5.41) is 8.22. The van der Waals surface area contributed by atoms with Gasteiger partial charge in [0.15, 0.2) is 0 Å². The van der Waals surface area contributed by atoms with Crippen LogP contribution in [0, 0.1) is 11.8 Å². The van der Waals surface area contributed by atoms with Gasteiger partial charge in [-0.2, -0.15) is 0 Å². The van der Waals surface area contributed by atoms with Gasteiger partial charge in [-0.25, -0.2) is 9.59 Å². The Morgan fingerprint density at radius 1 is 0.732 bits per heavy atom. The van der Waals surface area contributed by atoms with E-state index in [0.717, 1.165) is 11.1 Å². The van der Waals surface area contributed by atoms with Gasteiger partial charge in [-0.05, 0) is 50.2 Å². The third-order valence-electron chi connectivity index (χ3n) is 6.07. The fraction of sp³-hybridized carbons (Fsp3) is 0.500. The molecule has 224 valence electrons. The van der Waals surface area contributed by atoms with Crippen molar-refractivity contribution < 1.29 is 28.7 Å². The lowest BCUT2D eigenvalue weighted by molar-refractivity contribution is -0.149. The van der Waals surface area contributed by atoms with Crippen molar-refractivity contribution in [1.29, 1.82) is 0 Å². The van der Waals surface area contributed by atoms with Gasteiger partial charge in [-0.15, -0.1) is 0 Å². The molecule has 0 heterocycles. The quantitative estimate of drug-likeness (QED) is 0.306. The highest BCUT2D eigenvalue weighted by molar-refractivity contribution is 5.93. The Hall–Kier alpha value is -3.88. The van der Waals surface area contributed by atoms with Crippen molar-refractivity contribution in [3.63, 3.8) is 0 Å². The molecule has 2 aromatic rings. The number of rotatable bonds is 13. The Balaban J connectivity index is 2.19. The molecule has 0 fully saturated rings. The molecule has 0 saturated heterocycles. The fourth-order valence-electron chi connectivity index (χ4n) is 4.08. The number of amides is 3. The second kappa shape index (κ2) is 15.8. The molecule has 2 aromatic carbocycles. The lowest BCUT2D eigenvalue weighted by atomic mass is 9.99. The summed E-state index contributed by atoms with van der Waals surface area (Å²) in [5.74, 6) is -1.82. The highest BCUT2D eigenvalue weighted by atomic mass is 16.6. The Bertz CT molecular complexity index is 1130. The maximum atomic E-state index is 13.6. The van der Waals surface area contributed by atoms with E-state index in [4.69, 9.17) is 9.47 Å². The van der Waals surface area contributed by atoms with E-state index >= 15 is 0 Å². The number of benzene rings is 2. The Morgan fingerprint density at radius 2 is 1.27 bits per heavy atom. The van der Waals surface area contributed by atoms with Gasteiger partial charge in [0.2, 0.25) is 11.8 Å². The Morgan fingerprint density at radius 3 is 1.78 bits per heavy atom. The molecule has 0 spiro atoms. The van der Waals surface area contributed by atoms with Gasteiger partial charge in [0.25, 0.3) is 0 Å². The number of hydrogen-bond acceptors (Lipinski definition) is 6. The van der Waals surface area contributed by atoms with E-state index < -0.39 is 47.6 Å². The zero-order valence-electron chi connectivity index (χ0n) is 25.2. The lowest BCUT2D eigenvalue weighted by Crippen LogP contribution is -2.57. The third kappa shape index (κ3) is 12.4. The van der Waals surface area contributed by atoms with Gasteiger partial charge in [-0.1, -0.05) is 88.4 Å². The first kappa shape index (κ1) is 33.3. The van der Waals surface area contributed by atoms with Crippen LogP contribution in [0.5, 0.6) is 0 Å². The van der Waals surface area contributed by atoms with E-state index in [1.807, 2.05) is 74.5 Å².